The van der Waals surface area contributed by atoms with Crippen LogP contribution < -0.4 is 10.6 Å². The smallest absolute Gasteiger partial charge is 0.251 e. The first-order valence-corrected chi connectivity index (χ1v) is 9.98. The Kier molecular flexibility index (Phi) is 9.08. The number of nitrogens with zero attached hydrogens (tertiary/aromatic N) is 2. The molecule has 0 spiro atoms. The highest BCUT2D eigenvalue weighted by molar-refractivity contribution is 5.97. The molecule has 0 radical (unpaired) electrons. The number of nitrogens with one attached hydrogen (secondary N) is 2. The van der Waals surface area contributed by atoms with E-state index in [1.807, 2.05) is 35.2 Å². The van der Waals surface area contributed by atoms with Gasteiger partial charge in [-0.25, -0.2) is 0 Å². The number of amides is 2. The second-order valence-corrected chi connectivity index (χ2v) is 7.67. The normalized spacial score (nSPS) is 20.9. The van der Waals surface area contributed by atoms with Crippen LogP contribution in [0.1, 0.15) is 35.2 Å². The maximum absolute atomic E-state index is 13.4. The van der Waals surface area contributed by atoms with Gasteiger partial charge < -0.3 is 15.5 Å². The molecule has 8 heteroatoms. The summed E-state index contributed by atoms with van der Waals surface area (Å²) in [6.45, 7) is 1.44. The van der Waals surface area contributed by atoms with Crippen LogP contribution in [0.4, 0.5) is 0 Å². The zero-order chi connectivity index (χ0) is 19.3. The first-order chi connectivity index (χ1) is 13.7. The fourth-order valence-electron chi connectivity index (χ4n) is 4.15. The first kappa shape index (κ1) is 24.1. The van der Waals surface area contributed by atoms with Gasteiger partial charge in [-0.2, -0.15) is 0 Å². The molecule has 6 nitrogen and oxygen atoms in total. The summed E-state index contributed by atoms with van der Waals surface area (Å²) in [6.07, 6.45) is 7.16. The predicted molar refractivity (Wildman–Crippen MR) is 121 cm³/mol. The Morgan fingerprint density at radius 2 is 1.83 bits per heavy atom. The highest BCUT2D eigenvalue weighted by Gasteiger charge is 2.34. The third-order valence-corrected chi connectivity index (χ3v) is 5.64. The number of halogens is 2. The minimum Gasteiger partial charge on any atom is -0.340 e. The van der Waals surface area contributed by atoms with Crippen molar-refractivity contribution in [2.75, 3.05) is 13.1 Å². The summed E-state index contributed by atoms with van der Waals surface area (Å²) < 4.78 is 0. The Balaban J connectivity index is 0.00000160. The van der Waals surface area contributed by atoms with E-state index in [-0.39, 0.29) is 36.6 Å². The zero-order valence-electron chi connectivity index (χ0n) is 16.7. The van der Waals surface area contributed by atoms with Crippen molar-refractivity contribution in [3.05, 3.63) is 66.0 Å². The molecule has 2 saturated heterocycles. The molecule has 2 aliphatic heterocycles. The van der Waals surface area contributed by atoms with Gasteiger partial charge in [0.2, 0.25) is 5.91 Å². The molecule has 30 heavy (non-hydrogen) atoms. The number of rotatable bonds is 5. The first-order valence-electron chi connectivity index (χ1n) is 9.98. The quantitative estimate of drug-likeness (QED) is 0.733. The van der Waals surface area contributed by atoms with Gasteiger partial charge in [0.15, 0.2) is 0 Å². The number of hydrogen-bond donors (Lipinski definition) is 2. The van der Waals surface area contributed by atoms with Crippen molar-refractivity contribution in [2.45, 2.75) is 43.8 Å². The maximum atomic E-state index is 13.4. The molecule has 2 N–H and O–H groups in total. The number of aromatic nitrogens is 1. The van der Waals surface area contributed by atoms with Gasteiger partial charge in [-0.05, 0) is 43.0 Å². The van der Waals surface area contributed by atoms with E-state index >= 15 is 0 Å². The molecular weight excluding hydrogens is 423 g/mol. The Bertz CT molecular complexity index is 822. The molecule has 2 amide bonds. The Morgan fingerprint density at radius 3 is 2.57 bits per heavy atom. The van der Waals surface area contributed by atoms with Crippen LogP contribution in [0.15, 0.2) is 54.9 Å². The Morgan fingerprint density at radius 1 is 1.07 bits per heavy atom. The lowest BCUT2D eigenvalue weighted by Crippen LogP contribution is -2.51. The summed E-state index contributed by atoms with van der Waals surface area (Å²) in [5.41, 5.74) is 1.49. The minimum absolute atomic E-state index is 0. The lowest BCUT2D eigenvalue weighted by Gasteiger charge is -2.29. The number of hydrogen-bond acceptors (Lipinski definition) is 4. The fraction of sp³-hybridized carbons (Fsp3) is 0.409. The predicted octanol–water partition coefficient (Wildman–Crippen LogP) is 2.62. The molecule has 1 aromatic carbocycles. The number of benzene rings is 1. The van der Waals surface area contributed by atoms with Gasteiger partial charge in [0.05, 0.1) is 0 Å². The van der Waals surface area contributed by atoms with Gasteiger partial charge in [-0.3, -0.25) is 14.6 Å². The van der Waals surface area contributed by atoms with E-state index in [0.717, 1.165) is 24.9 Å². The second-order valence-electron chi connectivity index (χ2n) is 7.67. The van der Waals surface area contributed by atoms with Crippen molar-refractivity contribution in [3.63, 3.8) is 0 Å². The average Bonchev–Trinajstić information content (AvgIpc) is 3.07. The molecule has 1 aromatic heterocycles. The highest BCUT2D eigenvalue weighted by Crippen LogP contribution is 2.21. The van der Waals surface area contributed by atoms with Crippen molar-refractivity contribution in [1.82, 2.24) is 20.5 Å². The number of fused-ring (bicyclic) bond motifs is 2. The van der Waals surface area contributed by atoms with Crippen molar-refractivity contribution >= 4 is 36.6 Å². The Hall–Kier alpha value is -2.15. The molecule has 3 unspecified atom stereocenters. The van der Waals surface area contributed by atoms with Crippen LogP contribution in [0.5, 0.6) is 0 Å². The summed E-state index contributed by atoms with van der Waals surface area (Å²) >= 11 is 0. The van der Waals surface area contributed by atoms with Gasteiger partial charge in [0, 0.05) is 49.6 Å². The van der Waals surface area contributed by atoms with Crippen molar-refractivity contribution in [2.24, 2.45) is 0 Å². The van der Waals surface area contributed by atoms with Crippen LogP contribution in [0.25, 0.3) is 0 Å². The SMILES string of the molecule is Cl.Cl.O=C(NC(Cc1cccnc1)C(=O)N1CCC2CCC(C1)N2)c1ccccc1. The monoisotopic (exact) mass is 450 g/mol. The molecule has 162 valence electrons. The molecule has 2 aromatic rings. The molecule has 3 heterocycles. The third kappa shape index (κ3) is 5.94. The van der Waals surface area contributed by atoms with Crippen LogP contribution in [-0.4, -0.2) is 52.9 Å². The number of likely N-dealkylation sites (tertiary alicyclic amines) is 1. The summed E-state index contributed by atoms with van der Waals surface area (Å²) in [5.74, 6) is -0.236. The van der Waals surface area contributed by atoms with Gasteiger partial charge in [0.1, 0.15) is 6.04 Å². The third-order valence-electron chi connectivity index (χ3n) is 5.64. The van der Waals surface area contributed by atoms with Gasteiger partial charge >= 0.3 is 0 Å². The van der Waals surface area contributed by atoms with Gasteiger partial charge in [0.25, 0.3) is 5.91 Å². The lowest BCUT2D eigenvalue weighted by atomic mass is 10.0. The molecule has 2 bridgehead atoms. The zero-order valence-corrected chi connectivity index (χ0v) is 18.3. The molecule has 0 saturated carbocycles. The highest BCUT2D eigenvalue weighted by atomic mass is 35.5. The van der Waals surface area contributed by atoms with Crippen LogP contribution in [-0.2, 0) is 11.2 Å². The summed E-state index contributed by atoms with van der Waals surface area (Å²) in [6, 6.07) is 13.1. The Labute approximate surface area is 189 Å². The standard InChI is InChI=1S/C22H26N4O2.2ClH/c27-21(17-6-2-1-3-7-17)25-20(13-16-5-4-11-23-14-16)22(28)26-12-10-18-8-9-19(15-26)24-18;;/h1-7,11,14,18-20,24H,8-10,12-13,15H2,(H,25,27);2*1H. The summed E-state index contributed by atoms with van der Waals surface area (Å²) in [7, 11) is 0. The number of pyridine rings is 1. The lowest BCUT2D eigenvalue weighted by molar-refractivity contribution is -0.133. The topological polar surface area (TPSA) is 74.3 Å². The molecule has 4 rings (SSSR count). The van der Waals surface area contributed by atoms with E-state index in [0.29, 0.717) is 30.6 Å². The van der Waals surface area contributed by atoms with Crippen LogP contribution in [0.2, 0.25) is 0 Å². The van der Waals surface area contributed by atoms with Crippen molar-refractivity contribution in [1.29, 1.82) is 0 Å². The van der Waals surface area contributed by atoms with E-state index in [4.69, 9.17) is 0 Å². The van der Waals surface area contributed by atoms with E-state index in [2.05, 4.69) is 15.6 Å². The summed E-state index contributed by atoms with van der Waals surface area (Å²) in [4.78, 5) is 32.1. The average molecular weight is 451 g/mol. The van der Waals surface area contributed by atoms with E-state index in [1.54, 1.807) is 24.5 Å². The largest absolute Gasteiger partial charge is 0.340 e. The number of carbonyl (C=O) groups is 2. The van der Waals surface area contributed by atoms with Crippen molar-refractivity contribution < 1.29 is 9.59 Å². The second kappa shape index (κ2) is 11.3. The maximum Gasteiger partial charge on any atom is 0.251 e. The van der Waals surface area contributed by atoms with E-state index in [9.17, 15) is 9.59 Å². The molecule has 0 aliphatic carbocycles. The van der Waals surface area contributed by atoms with E-state index < -0.39 is 6.04 Å². The van der Waals surface area contributed by atoms with Gasteiger partial charge in [-0.15, -0.1) is 24.8 Å². The van der Waals surface area contributed by atoms with Crippen molar-refractivity contribution in [3.8, 4) is 0 Å². The molecular formula is C22H28Cl2N4O2. The summed E-state index contributed by atoms with van der Waals surface area (Å²) in [5, 5.41) is 6.57. The molecule has 2 fully saturated rings. The van der Waals surface area contributed by atoms with Crippen LogP contribution in [0.3, 0.4) is 0 Å². The molecule has 2 aliphatic rings. The fourth-order valence-corrected chi connectivity index (χ4v) is 4.15. The molecule has 3 atom stereocenters. The van der Waals surface area contributed by atoms with Crippen LogP contribution in [0, 0.1) is 0 Å². The number of carbonyl (C=O) groups excluding carboxylic acids is 2. The van der Waals surface area contributed by atoms with Gasteiger partial charge in [-0.1, -0.05) is 24.3 Å². The minimum atomic E-state index is -0.603. The van der Waals surface area contributed by atoms with Crippen LogP contribution >= 0.6 is 24.8 Å². The van der Waals surface area contributed by atoms with E-state index in [1.165, 1.54) is 6.42 Å².